The van der Waals surface area contributed by atoms with E-state index in [0.717, 1.165) is 5.56 Å². The first-order valence-corrected chi connectivity index (χ1v) is 4.01. The van der Waals surface area contributed by atoms with Crippen LogP contribution in [0.25, 0.3) is 6.08 Å². The molecule has 0 atom stereocenters. The van der Waals surface area contributed by atoms with Crippen LogP contribution in [0.5, 0.6) is 0 Å². The molecule has 0 fully saturated rings. The van der Waals surface area contributed by atoms with Crippen LogP contribution in [0.1, 0.15) is 22.3 Å². The molecule has 0 radical (unpaired) electrons. The lowest BCUT2D eigenvalue weighted by molar-refractivity contribution is -0.135. The number of carbonyl (C=O) groups excluding carboxylic acids is 1. The summed E-state index contributed by atoms with van der Waals surface area (Å²) in [5, 5.41) is 8.37. The average Bonchev–Trinajstić information content (AvgIpc) is 2.18. The van der Waals surface area contributed by atoms with E-state index in [9.17, 15) is 9.59 Å². The molecule has 1 N–H and O–H groups in total. The highest BCUT2D eigenvalue weighted by Crippen LogP contribution is 2.03. The van der Waals surface area contributed by atoms with Gasteiger partial charge in [-0.25, -0.2) is 0 Å². The van der Waals surface area contributed by atoms with Gasteiger partial charge in [-0.05, 0) is 11.6 Å². The van der Waals surface area contributed by atoms with Crippen LogP contribution in [0, 0.1) is 0 Å². The summed E-state index contributed by atoms with van der Waals surface area (Å²) >= 11 is 0. The standard InChI is InChI=1S/C10H9NO3/c12-7-9-4-8(5-11-6-9)2-1-3-10(13)14/h1-2,4-7H,3H2,(H,13,14). The lowest BCUT2D eigenvalue weighted by atomic mass is 10.2. The van der Waals surface area contributed by atoms with E-state index in [-0.39, 0.29) is 6.42 Å². The first-order chi connectivity index (χ1) is 6.72. The van der Waals surface area contributed by atoms with Gasteiger partial charge in [0.2, 0.25) is 0 Å². The predicted molar refractivity (Wildman–Crippen MR) is 50.9 cm³/mol. The van der Waals surface area contributed by atoms with Crippen LogP contribution in [-0.2, 0) is 4.79 Å². The Balaban J connectivity index is 2.71. The minimum atomic E-state index is -0.888. The third kappa shape index (κ3) is 3.18. The minimum absolute atomic E-state index is 0.0364. The van der Waals surface area contributed by atoms with Gasteiger partial charge in [-0.1, -0.05) is 12.2 Å². The van der Waals surface area contributed by atoms with Crippen LogP contribution in [0.3, 0.4) is 0 Å². The number of carboxylic acid groups (broad SMARTS) is 1. The SMILES string of the molecule is O=Cc1cncc(C=CCC(=O)O)c1. The molecule has 4 heteroatoms. The van der Waals surface area contributed by atoms with E-state index in [1.807, 2.05) is 0 Å². The molecule has 0 saturated carbocycles. The number of pyridine rings is 1. The summed E-state index contributed by atoms with van der Waals surface area (Å²) in [6.45, 7) is 0. The van der Waals surface area contributed by atoms with Gasteiger partial charge < -0.3 is 5.11 Å². The van der Waals surface area contributed by atoms with Crippen molar-refractivity contribution in [2.75, 3.05) is 0 Å². The second-order valence-electron chi connectivity index (χ2n) is 2.67. The van der Waals surface area contributed by atoms with E-state index >= 15 is 0 Å². The second kappa shape index (κ2) is 4.91. The zero-order valence-electron chi connectivity index (χ0n) is 7.38. The van der Waals surface area contributed by atoms with Gasteiger partial charge >= 0.3 is 5.97 Å². The van der Waals surface area contributed by atoms with Gasteiger partial charge in [-0.2, -0.15) is 0 Å². The molecule has 0 unspecified atom stereocenters. The number of carbonyl (C=O) groups is 2. The number of nitrogens with zero attached hydrogens (tertiary/aromatic N) is 1. The maximum Gasteiger partial charge on any atom is 0.307 e. The second-order valence-corrected chi connectivity index (χ2v) is 2.67. The molecule has 1 heterocycles. The molecule has 1 aromatic heterocycles. The number of rotatable bonds is 4. The van der Waals surface area contributed by atoms with Crippen LogP contribution in [0.15, 0.2) is 24.5 Å². The molecule has 14 heavy (non-hydrogen) atoms. The zero-order valence-corrected chi connectivity index (χ0v) is 7.38. The van der Waals surface area contributed by atoms with Gasteiger partial charge in [0.25, 0.3) is 0 Å². The Morgan fingerprint density at radius 2 is 2.14 bits per heavy atom. The van der Waals surface area contributed by atoms with Gasteiger partial charge in [-0.15, -0.1) is 0 Å². The quantitative estimate of drug-likeness (QED) is 0.730. The fourth-order valence-corrected chi connectivity index (χ4v) is 0.928. The Hall–Kier alpha value is -1.97. The third-order valence-corrected chi connectivity index (χ3v) is 1.52. The smallest absolute Gasteiger partial charge is 0.307 e. The molecular formula is C10H9NO3. The van der Waals surface area contributed by atoms with E-state index in [1.165, 1.54) is 12.3 Å². The minimum Gasteiger partial charge on any atom is -0.481 e. The number of aromatic nitrogens is 1. The van der Waals surface area contributed by atoms with Crippen molar-refractivity contribution in [2.45, 2.75) is 6.42 Å². The third-order valence-electron chi connectivity index (χ3n) is 1.52. The number of hydrogen-bond donors (Lipinski definition) is 1. The van der Waals surface area contributed by atoms with Crippen molar-refractivity contribution in [3.63, 3.8) is 0 Å². The maximum atomic E-state index is 10.4. The molecule has 0 aromatic carbocycles. The van der Waals surface area contributed by atoms with Crippen molar-refractivity contribution in [3.8, 4) is 0 Å². The summed E-state index contributed by atoms with van der Waals surface area (Å²) in [6.07, 6.45) is 6.79. The summed E-state index contributed by atoms with van der Waals surface area (Å²) in [7, 11) is 0. The Bertz CT molecular complexity index is 371. The van der Waals surface area contributed by atoms with Crippen molar-refractivity contribution in [2.24, 2.45) is 0 Å². The van der Waals surface area contributed by atoms with Crippen molar-refractivity contribution >= 4 is 18.3 Å². The van der Waals surface area contributed by atoms with Gasteiger partial charge in [0, 0.05) is 18.0 Å². The van der Waals surface area contributed by atoms with Crippen molar-refractivity contribution in [1.29, 1.82) is 0 Å². The monoisotopic (exact) mass is 191 g/mol. The number of hydrogen-bond acceptors (Lipinski definition) is 3. The Labute approximate surface area is 80.9 Å². The van der Waals surface area contributed by atoms with Gasteiger partial charge in [0.1, 0.15) is 0 Å². The van der Waals surface area contributed by atoms with Crippen LogP contribution < -0.4 is 0 Å². The molecule has 0 saturated heterocycles. The predicted octanol–water partition coefficient (Wildman–Crippen LogP) is 1.38. The number of carboxylic acids is 1. The lowest BCUT2D eigenvalue weighted by Gasteiger charge is -1.92. The molecule has 1 aromatic rings. The van der Waals surface area contributed by atoms with E-state index in [4.69, 9.17) is 5.11 Å². The highest BCUT2D eigenvalue weighted by atomic mass is 16.4. The molecular weight excluding hydrogens is 182 g/mol. The normalized spacial score (nSPS) is 10.3. The Morgan fingerprint density at radius 1 is 1.43 bits per heavy atom. The first kappa shape index (κ1) is 10.1. The van der Waals surface area contributed by atoms with Gasteiger partial charge in [0.05, 0.1) is 6.42 Å². The molecule has 1 rings (SSSR count). The van der Waals surface area contributed by atoms with Crippen molar-refractivity contribution in [3.05, 3.63) is 35.7 Å². The van der Waals surface area contributed by atoms with E-state index < -0.39 is 5.97 Å². The fraction of sp³-hybridized carbons (Fsp3) is 0.100. The molecule has 0 aliphatic carbocycles. The summed E-state index contributed by atoms with van der Waals surface area (Å²) in [5.74, 6) is -0.888. The van der Waals surface area contributed by atoms with Crippen LogP contribution >= 0.6 is 0 Å². The molecule has 0 bridgehead atoms. The van der Waals surface area contributed by atoms with E-state index in [1.54, 1.807) is 18.3 Å². The van der Waals surface area contributed by atoms with Crippen LogP contribution in [-0.4, -0.2) is 22.3 Å². The summed E-state index contributed by atoms with van der Waals surface area (Å²) in [4.78, 5) is 24.4. The Morgan fingerprint density at radius 3 is 2.79 bits per heavy atom. The number of aliphatic carboxylic acids is 1. The molecule has 0 spiro atoms. The largest absolute Gasteiger partial charge is 0.481 e. The van der Waals surface area contributed by atoms with Gasteiger partial charge in [0.15, 0.2) is 6.29 Å². The average molecular weight is 191 g/mol. The topological polar surface area (TPSA) is 67.3 Å². The van der Waals surface area contributed by atoms with E-state index in [0.29, 0.717) is 11.8 Å². The fourth-order valence-electron chi connectivity index (χ4n) is 0.928. The van der Waals surface area contributed by atoms with Crippen LogP contribution in [0.4, 0.5) is 0 Å². The highest BCUT2D eigenvalue weighted by molar-refractivity contribution is 5.76. The van der Waals surface area contributed by atoms with Crippen LogP contribution in [0.2, 0.25) is 0 Å². The molecule has 4 nitrogen and oxygen atoms in total. The number of aldehydes is 1. The maximum absolute atomic E-state index is 10.4. The van der Waals surface area contributed by atoms with E-state index in [2.05, 4.69) is 4.98 Å². The lowest BCUT2D eigenvalue weighted by Crippen LogP contribution is -1.90. The molecule has 0 aliphatic heterocycles. The summed E-state index contributed by atoms with van der Waals surface area (Å²) in [6, 6.07) is 1.64. The first-order valence-electron chi connectivity index (χ1n) is 4.01. The molecule has 0 aliphatic rings. The molecule has 72 valence electrons. The highest BCUT2D eigenvalue weighted by Gasteiger charge is 1.93. The van der Waals surface area contributed by atoms with Crippen molar-refractivity contribution in [1.82, 2.24) is 4.98 Å². The van der Waals surface area contributed by atoms with Gasteiger partial charge in [-0.3, -0.25) is 14.6 Å². The Kier molecular flexibility index (Phi) is 3.55. The summed E-state index contributed by atoms with van der Waals surface area (Å²) < 4.78 is 0. The van der Waals surface area contributed by atoms with Crippen molar-refractivity contribution < 1.29 is 14.7 Å². The summed E-state index contributed by atoms with van der Waals surface area (Å²) in [5.41, 5.74) is 1.19. The molecule has 0 amide bonds. The zero-order chi connectivity index (χ0) is 10.4.